The van der Waals surface area contributed by atoms with Gasteiger partial charge in [-0.1, -0.05) is 0 Å². The van der Waals surface area contributed by atoms with Crippen LogP contribution < -0.4 is 15.0 Å². The standard InChI is InChI=1S/C20H21N5O7/c1-12-20(27)23(7-6-22(2)3)17-5-4-14(10-18(17)32-12)21-19(26)13-8-15(24(28)29)11-16(9-13)25(30)31/h4-5,8-12H,6-7H2,1-3H3,(H,21,26). The Morgan fingerprint density at radius 2 is 1.75 bits per heavy atom. The van der Waals surface area contributed by atoms with E-state index in [4.69, 9.17) is 4.74 Å². The van der Waals surface area contributed by atoms with E-state index in [1.54, 1.807) is 24.0 Å². The minimum atomic E-state index is -0.808. The Morgan fingerprint density at radius 1 is 1.12 bits per heavy atom. The number of hydrogen-bond acceptors (Lipinski definition) is 8. The van der Waals surface area contributed by atoms with Gasteiger partial charge in [0.1, 0.15) is 5.75 Å². The molecule has 0 bridgehead atoms. The van der Waals surface area contributed by atoms with E-state index >= 15 is 0 Å². The van der Waals surface area contributed by atoms with E-state index in [1.165, 1.54) is 6.07 Å². The second-order valence-electron chi connectivity index (χ2n) is 7.44. The molecule has 0 fully saturated rings. The molecule has 2 aromatic carbocycles. The fraction of sp³-hybridized carbons (Fsp3) is 0.300. The van der Waals surface area contributed by atoms with E-state index in [1.807, 2.05) is 19.0 Å². The number of nitro benzene ring substituents is 2. The molecule has 1 N–H and O–H groups in total. The molecule has 1 aliphatic heterocycles. The summed E-state index contributed by atoms with van der Waals surface area (Å²) in [6, 6.07) is 7.41. The quantitative estimate of drug-likeness (QED) is 0.507. The van der Waals surface area contributed by atoms with Crippen LogP contribution in [0.15, 0.2) is 36.4 Å². The number of nitro groups is 2. The minimum absolute atomic E-state index is 0.181. The van der Waals surface area contributed by atoms with Crippen molar-refractivity contribution in [3.05, 3.63) is 62.2 Å². The lowest BCUT2D eigenvalue weighted by molar-refractivity contribution is -0.394. The van der Waals surface area contributed by atoms with Gasteiger partial charge in [-0.15, -0.1) is 0 Å². The first-order valence-electron chi connectivity index (χ1n) is 9.59. The molecule has 1 unspecified atom stereocenters. The second-order valence-corrected chi connectivity index (χ2v) is 7.44. The summed E-state index contributed by atoms with van der Waals surface area (Å²) in [5.74, 6) is -0.556. The van der Waals surface area contributed by atoms with Crippen LogP contribution in [0.1, 0.15) is 17.3 Å². The van der Waals surface area contributed by atoms with Gasteiger partial charge in [0.25, 0.3) is 23.2 Å². The zero-order valence-electron chi connectivity index (χ0n) is 17.6. The van der Waals surface area contributed by atoms with Gasteiger partial charge in [-0.2, -0.15) is 0 Å². The predicted molar refractivity (Wildman–Crippen MR) is 115 cm³/mol. The summed E-state index contributed by atoms with van der Waals surface area (Å²) in [5, 5.41) is 24.7. The normalized spacial score (nSPS) is 15.2. The number of nitrogens with one attached hydrogen (secondary N) is 1. The largest absolute Gasteiger partial charge is 0.479 e. The SMILES string of the molecule is CC1Oc2cc(NC(=O)c3cc([N+](=O)[O-])cc([N+](=O)[O-])c3)ccc2N(CCN(C)C)C1=O. The Morgan fingerprint density at radius 3 is 2.31 bits per heavy atom. The minimum Gasteiger partial charge on any atom is -0.479 e. The molecule has 0 radical (unpaired) electrons. The summed E-state index contributed by atoms with van der Waals surface area (Å²) in [7, 11) is 3.79. The molecule has 12 nitrogen and oxygen atoms in total. The lowest BCUT2D eigenvalue weighted by Gasteiger charge is -2.34. The molecular weight excluding hydrogens is 422 g/mol. The van der Waals surface area contributed by atoms with Gasteiger partial charge in [0.2, 0.25) is 0 Å². The molecule has 0 aliphatic carbocycles. The number of carbonyl (C=O) groups is 2. The van der Waals surface area contributed by atoms with Crippen LogP contribution >= 0.6 is 0 Å². The molecule has 1 aliphatic rings. The van der Waals surface area contributed by atoms with Crippen molar-refractivity contribution in [3.63, 3.8) is 0 Å². The lowest BCUT2D eigenvalue weighted by Crippen LogP contribution is -2.46. The van der Waals surface area contributed by atoms with Gasteiger partial charge in [0.15, 0.2) is 6.10 Å². The van der Waals surface area contributed by atoms with Crippen LogP contribution in [-0.4, -0.2) is 59.8 Å². The highest BCUT2D eigenvalue weighted by molar-refractivity contribution is 6.06. The number of non-ortho nitro benzene ring substituents is 2. The van der Waals surface area contributed by atoms with Gasteiger partial charge in [0.05, 0.1) is 27.2 Å². The van der Waals surface area contributed by atoms with Crippen molar-refractivity contribution >= 4 is 34.6 Å². The molecule has 2 aromatic rings. The van der Waals surface area contributed by atoms with Crippen LogP contribution in [0.25, 0.3) is 0 Å². The highest BCUT2D eigenvalue weighted by atomic mass is 16.6. The molecule has 2 amide bonds. The fourth-order valence-electron chi connectivity index (χ4n) is 3.16. The Hall–Kier alpha value is -4.06. The highest BCUT2D eigenvalue weighted by Gasteiger charge is 2.31. The third kappa shape index (κ3) is 4.81. The molecule has 1 heterocycles. The smallest absolute Gasteiger partial charge is 0.277 e. The maximum atomic E-state index is 12.6. The van der Waals surface area contributed by atoms with Gasteiger partial charge in [-0.05, 0) is 33.2 Å². The van der Waals surface area contributed by atoms with Crippen LogP contribution in [0.3, 0.4) is 0 Å². The van der Waals surface area contributed by atoms with Gasteiger partial charge in [-0.25, -0.2) is 0 Å². The average molecular weight is 443 g/mol. The number of anilines is 2. The first kappa shape index (κ1) is 22.6. The maximum Gasteiger partial charge on any atom is 0.277 e. The summed E-state index contributed by atoms with van der Waals surface area (Å²) in [6.07, 6.45) is -0.713. The number of fused-ring (bicyclic) bond motifs is 1. The number of ether oxygens (including phenoxy) is 1. The maximum absolute atomic E-state index is 12.6. The molecule has 12 heteroatoms. The number of carbonyl (C=O) groups excluding carboxylic acids is 2. The van der Waals surface area contributed by atoms with Gasteiger partial charge >= 0.3 is 0 Å². The third-order valence-electron chi connectivity index (χ3n) is 4.78. The van der Waals surface area contributed by atoms with E-state index in [9.17, 15) is 29.8 Å². The summed E-state index contributed by atoms with van der Waals surface area (Å²) < 4.78 is 5.68. The summed E-state index contributed by atoms with van der Waals surface area (Å²) in [5.41, 5.74) is -0.513. The molecule has 32 heavy (non-hydrogen) atoms. The zero-order chi connectivity index (χ0) is 23.6. The average Bonchev–Trinajstić information content (AvgIpc) is 2.73. The number of benzene rings is 2. The van der Waals surface area contributed by atoms with E-state index < -0.39 is 33.2 Å². The van der Waals surface area contributed by atoms with Crippen molar-refractivity contribution < 1.29 is 24.2 Å². The van der Waals surface area contributed by atoms with Crippen molar-refractivity contribution in [3.8, 4) is 5.75 Å². The number of hydrogen-bond donors (Lipinski definition) is 1. The molecule has 0 saturated heterocycles. The number of amides is 2. The Labute approximate surface area is 182 Å². The van der Waals surface area contributed by atoms with Crippen LogP contribution in [0.4, 0.5) is 22.7 Å². The molecule has 3 rings (SSSR count). The van der Waals surface area contributed by atoms with Crippen LogP contribution in [0, 0.1) is 20.2 Å². The second kappa shape index (κ2) is 8.98. The molecule has 0 spiro atoms. The fourth-order valence-corrected chi connectivity index (χ4v) is 3.16. The first-order chi connectivity index (χ1) is 15.1. The van der Waals surface area contributed by atoms with Crippen LogP contribution in [-0.2, 0) is 4.79 Å². The van der Waals surface area contributed by atoms with Crippen LogP contribution in [0.2, 0.25) is 0 Å². The van der Waals surface area contributed by atoms with E-state index in [-0.39, 0.29) is 11.5 Å². The number of rotatable bonds is 7. The van der Waals surface area contributed by atoms with E-state index in [0.29, 0.717) is 30.2 Å². The van der Waals surface area contributed by atoms with Crippen molar-refractivity contribution in [1.82, 2.24) is 4.90 Å². The Bertz CT molecular complexity index is 1070. The van der Waals surface area contributed by atoms with Crippen LogP contribution in [0.5, 0.6) is 5.75 Å². The number of likely N-dealkylation sites (N-methyl/N-ethyl adjacent to an activating group) is 1. The van der Waals surface area contributed by atoms with E-state index in [0.717, 1.165) is 18.2 Å². The monoisotopic (exact) mass is 443 g/mol. The summed E-state index contributed by atoms with van der Waals surface area (Å²) >= 11 is 0. The van der Waals surface area contributed by atoms with Gasteiger partial charge in [-0.3, -0.25) is 29.8 Å². The summed E-state index contributed by atoms with van der Waals surface area (Å²) in [4.78, 5) is 49.2. The lowest BCUT2D eigenvalue weighted by atomic mass is 10.1. The molecular formula is C20H21N5O7. The molecule has 0 saturated carbocycles. The Balaban J connectivity index is 1.87. The van der Waals surface area contributed by atoms with Gasteiger partial charge < -0.3 is 19.9 Å². The highest BCUT2D eigenvalue weighted by Crippen LogP contribution is 2.36. The molecule has 168 valence electrons. The van der Waals surface area contributed by atoms with Crippen molar-refractivity contribution in [1.29, 1.82) is 0 Å². The van der Waals surface area contributed by atoms with E-state index in [2.05, 4.69) is 5.32 Å². The Kier molecular flexibility index (Phi) is 6.35. The first-order valence-corrected chi connectivity index (χ1v) is 9.59. The predicted octanol–water partition coefficient (Wildman–Crippen LogP) is 2.43. The van der Waals surface area contributed by atoms with Crippen molar-refractivity contribution in [2.75, 3.05) is 37.4 Å². The molecule has 1 atom stereocenters. The third-order valence-corrected chi connectivity index (χ3v) is 4.78. The van der Waals surface area contributed by atoms with Crippen molar-refractivity contribution in [2.45, 2.75) is 13.0 Å². The summed E-state index contributed by atoms with van der Waals surface area (Å²) in [6.45, 7) is 2.72. The molecule has 0 aromatic heterocycles. The topological polar surface area (TPSA) is 148 Å². The zero-order valence-corrected chi connectivity index (χ0v) is 17.6. The van der Waals surface area contributed by atoms with Crippen molar-refractivity contribution in [2.24, 2.45) is 0 Å². The van der Waals surface area contributed by atoms with Gasteiger partial charge in [0, 0.05) is 37.0 Å². The number of nitrogens with zero attached hydrogens (tertiary/aromatic N) is 4.